The van der Waals surface area contributed by atoms with Gasteiger partial charge in [-0.05, 0) is 52.7 Å². The quantitative estimate of drug-likeness (QED) is 0.0896. The van der Waals surface area contributed by atoms with Crippen LogP contribution in [0.15, 0.2) is 60.7 Å². The van der Waals surface area contributed by atoms with Crippen LogP contribution in [0.3, 0.4) is 0 Å². The van der Waals surface area contributed by atoms with E-state index >= 15 is 0 Å². The molecule has 2 aromatic rings. The first-order valence-corrected chi connectivity index (χ1v) is 20.1. The third-order valence-electron chi connectivity index (χ3n) is 9.08. The minimum absolute atomic E-state index is 0. The van der Waals surface area contributed by atoms with Gasteiger partial charge in [-0.25, -0.2) is 0 Å². The molecule has 0 radical (unpaired) electrons. The van der Waals surface area contributed by atoms with Crippen molar-refractivity contribution in [3.05, 3.63) is 71.8 Å². The maximum absolute atomic E-state index is 13.5. The van der Waals surface area contributed by atoms with Crippen LogP contribution >= 0.6 is 23.5 Å². The van der Waals surface area contributed by atoms with Gasteiger partial charge in [-0.15, -0.1) is 23.5 Å². The molecule has 310 valence electrons. The van der Waals surface area contributed by atoms with Gasteiger partial charge in [-0.3, -0.25) is 39.4 Å². The van der Waals surface area contributed by atoms with E-state index in [4.69, 9.17) is 0 Å². The third kappa shape index (κ3) is 13.2. The number of carbonyl (C=O) groups is 6. The van der Waals surface area contributed by atoms with Crippen LogP contribution in [0.1, 0.15) is 52.7 Å². The van der Waals surface area contributed by atoms with E-state index in [0.29, 0.717) is 13.1 Å². The second-order valence-electron chi connectivity index (χ2n) is 14.3. The van der Waals surface area contributed by atoms with Crippen molar-refractivity contribution in [2.45, 2.75) is 98.8 Å². The van der Waals surface area contributed by atoms with Gasteiger partial charge in [0, 0.05) is 35.7 Å². The molecule has 16 nitrogen and oxygen atoms in total. The fraction of sp³-hybridized carbons (Fsp3) is 0.526. The summed E-state index contributed by atoms with van der Waals surface area (Å²) in [6, 6.07) is 15.3. The summed E-state index contributed by atoms with van der Waals surface area (Å²) in [4.78, 5) is 79.0. The molecule has 0 aromatic heterocycles. The third-order valence-corrected chi connectivity index (χ3v) is 12.1. The summed E-state index contributed by atoms with van der Waals surface area (Å²) >= 11 is 2.81. The predicted octanol–water partition coefficient (Wildman–Crippen LogP) is -1.08. The highest BCUT2D eigenvalue weighted by Gasteiger charge is 2.50. The molecule has 2 aliphatic heterocycles. The molecule has 2 fully saturated rings. The molecule has 0 spiro atoms. The number of hydrogen-bond acceptors (Lipinski definition) is 10. The van der Waals surface area contributed by atoms with Crippen LogP contribution in [0, 0.1) is 0 Å². The fourth-order valence-corrected chi connectivity index (χ4v) is 9.41. The summed E-state index contributed by atoms with van der Waals surface area (Å²) in [7, 11) is 0. The van der Waals surface area contributed by atoms with Crippen LogP contribution in [-0.2, 0) is 41.6 Å². The lowest BCUT2D eigenvalue weighted by Gasteiger charge is -2.25. The Morgan fingerprint density at radius 2 is 0.929 bits per heavy atom. The number of hydrogen-bond donors (Lipinski definition) is 8. The van der Waals surface area contributed by atoms with Crippen LogP contribution < -0.4 is 42.5 Å². The molecule has 18 heteroatoms. The molecule has 4 rings (SSSR count). The maximum atomic E-state index is 13.5. The van der Waals surface area contributed by atoms with Gasteiger partial charge in [0.25, 0.3) is 0 Å². The Bertz CT molecular complexity index is 1520. The van der Waals surface area contributed by atoms with E-state index in [9.17, 15) is 28.8 Å². The number of rotatable bonds is 17. The molecular weight excluding hydrogens is 761 g/mol. The number of amides is 6. The van der Waals surface area contributed by atoms with Crippen molar-refractivity contribution >= 4 is 59.0 Å². The molecule has 2 aliphatic rings. The number of carbonyl (C=O) groups excluding carboxylic acids is 6. The highest BCUT2D eigenvalue weighted by atomic mass is 32.2. The first-order chi connectivity index (χ1) is 25.6. The van der Waals surface area contributed by atoms with Crippen LogP contribution in [-0.4, -0.2) is 117 Å². The number of benzene rings is 2. The summed E-state index contributed by atoms with van der Waals surface area (Å²) in [5, 5.41) is 22.5. The van der Waals surface area contributed by atoms with Crippen molar-refractivity contribution in [1.29, 1.82) is 0 Å². The lowest BCUT2D eigenvalue weighted by Crippen LogP contribution is -2.59. The Balaban J connectivity index is 0.00000541. The molecule has 2 heterocycles. The lowest BCUT2D eigenvalue weighted by molar-refractivity contribution is -0.129. The molecule has 12 N–H and O–H groups in total. The second kappa shape index (κ2) is 21.9. The van der Waals surface area contributed by atoms with Crippen LogP contribution in [0.5, 0.6) is 0 Å². The smallest absolute Gasteiger partial charge is 0.245 e. The summed E-state index contributed by atoms with van der Waals surface area (Å²) in [5.41, 5.74) is 1.64. The molecule has 0 unspecified atom stereocenters. The molecular formula is C38H58N8O8S2. The highest BCUT2D eigenvalue weighted by Crippen LogP contribution is 2.40. The fourth-order valence-electron chi connectivity index (χ4n) is 6.41. The van der Waals surface area contributed by atoms with Gasteiger partial charge in [-0.2, -0.15) is 0 Å². The molecule has 0 aliphatic carbocycles. The Labute approximate surface area is 337 Å². The van der Waals surface area contributed by atoms with Gasteiger partial charge in [0.2, 0.25) is 35.4 Å². The van der Waals surface area contributed by atoms with Crippen molar-refractivity contribution in [3.8, 4) is 0 Å². The van der Waals surface area contributed by atoms with Crippen molar-refractivity contribution in [2.75, 3.05) is 26.2 Å². The Morgan fingerprint density at radius 3 is 1.25 bits per heavy atom. The first-order valence-electron chi connectivity index (χ1n) is 18.3. The van der Waals surface area contributed by atoms with E-state index < -0.39 is 44.4 Å². The summed E-state index contributed by atoms with van der Waals surface area (Å²) < 4.78 is -1.26. The topological polar surface area (TPSA) is 262 Å². The van der Waals surface area contributed by atoms with Gasteiger partial charge < -0.3 is 42.9 Å². The van der Waals surface area contributed by atoms with E-state index in [0.717, 1.165) is 11.1 Å². The molecule has 0 saturated carbocycles. The molecule has 56 heavy (non-hydrogen) atoms. The maximum Gasteiger partial charge on any atom is 0.245 e. The number of thioether (sulfide) groups is 2. The average Bonchev–Trinajstić information content (AvgIpc) is 3.62. The van der Waals surface area contributed by atoms with E-state index in [1.54, 1.807) is 13.8 Å². The van der Waals surface area contributed by atoms with Gasteiger partial charge in [0.15, 0.2) is 0 Å². The Kier molecular flexibility index (Phi) is 18.8. The summed E-state index contributed by atoms with van der Waals surface area (Å²) in [6.45, 7) is 12.2. The Morgan fingerprint density at radius 1 is 0.589 bits per heavy atom. The van der Waals surface area contributed by atoms with Crippen molar-refractivity contribution in [2.24, 2.45) is 0 Å². The first kappa shape index (κ1) is 48.0. The SMILES string of the molecule is CCNC(=O)[C@@H](NC(=O)Cc1ccccc1)[C@@H]1N[C@@H](C(=O)NCCNC(=O)[C@@H]2N[C@@H]([C@H](NC(=O)Cc3ccccc3)C(=O)NCC)SC2(C)C)C(C)(C)S1.O.O. The van der Waals surface area contributed by atoms with Crippen molar-refractivity contribution in [3.63, 3.8) is 0 Å². The van der Waals surface area contributed by atoms with E-state index in [1.165, 1.54) is 23.5 Å². The number of likely N-dealkylation sites (N-methyl/N-ethyl adjacent to an activating group) is 2. The van der Waals surface area contributed by atoms with Crippen LogP contribution in [0.25, 0.3) is 0 Å². The summed E-state index contributed by atoms with van der Waals surface area (Å²) in [6.07, 6.45) is 0.223. The van der Waals surface area contributed by atoms with Crippen LogP contribution in [0.2, 0.25) is 0 Å². The normalized spacial score (nSPS) is 21.5. The van der Waals surface area contributed by atoms with E-state index in [2.05, 4.69) is 42.5 Å². The zero-order valence-electron chi connectivity index (χ0n) is 32.7. The van der Waals surface area contributed by atoms with Crippen molar-refractivity contribution in [1.82, 2.24) is 42.5 Å². The second-order valence-corrected chi connectivity index (χ2v) is 17.9. The minimum atomic E-state index is -0.920. The Hall–Kier alpha value is -4.20. The van der Waals surface area contributed by atoms with Crippen molar-refractivity contribution < 1.29 is 39.7 Å². The molecule has 6 atom stereocenters. The zero-order chi connectivity index (χ0) is 39.5. The van der Waals surface area contributed by atoms with Gasteiger partial charge in [0.05, 0.1) is 23.6 Å². The predicted molar refractivity (Wildman–Crippen MR) is 220 cm³/mol. The van der Waals surface area contributed by atoms with Gasteiger partial charge >= 0.3 is 0 Å². The molecule has 6 amide bonds. The minimum Gasteiger partial charge on any atom is -0.412 e. The van der Waals surface area contributed by atoms with Gasteiger partial charge in [-0.1, -0.05) is 60.7 Å². The van der Waals surface area contributed by atoms with Gasteiger partial charge in [0.1, 0.15) is 24.2 Å². The van der Waals surface area contributed by atoms with E-state index in [-0.39, 0.29) is 72.3 Å². The zero-order valence-corrected chi connectivity index (χ0v) is 34.4. The largest absolute Gasteiger partial charge is 0.412 e. The molecule has 0 bridgehead atoms. The highest BCUT2D eigenvalue weighted by molar-refractivity contribution is 8.01. The molecule has 2 aromatic carbocycles. The molecule has 2 saturated heterocycles. The monoisotopic (exact) mass is 818 g/mol. The van der Waals surface area contributed by atoms with E-state index in [1.807, 2.05) is 88.4 Å². The number of nitrogens with one attached hydrogen (secondary N) is 8. The standard InChI is InChI=1S/C38H54N8O6S2.2H2O/c1-7-39-31(49)27(43-25(47)21-23-15-11-9-12-16-23)35-45-29(37(3,4)53-35)33(51)41-19-20-42-34(52)30-38(5,6)54-36(46-30)28(32(50)40-8-2)44-26(48)22-24-17-13-10-14-18-24;;/h9-18,27-30,35-36,45-46H,7-8,19-22H2,1-6H3,(H,39,49)(H,40,50)(H,41,51)(H,42,52)(H,43,47)(H,44,48);2*1H2/t27-,28-,29+,30+,35-,36-;;/m1../s1. The van der Waals surface area contributed by atoms with Crippen LogP contribution in [0.4, 0.5) is 0 Å². The average molecular weight is 819 g/mol. The lowest BCUT2D eigenvalue weighted by atomic mass is 10.0. The summed E-state index contributed by atoms with van der Waals surface area (Å²) in [5.74, 6) is -1.92.